The van der Waals surface area contributed by atoms with E-state index < -0.39 is 0 Å². The van der Waals surface area contributed by atoms with E-state index in [1.165, 1.54) is 0 Å². The van der Waals surface area contributed by atoms with Crippen molar-refractivity contribution in [1.82, 2.24) is 10.2 Å². The highest BCUT2D eigenvalue weighted by atomic mass is 16.3. The average Bonchev–Trinajstić information content (AvgIpc) is 2.81. The van der Waals surface area contributed by atoms with Gasteiger partial charge in [-0.15, -0.1) is 0 Å². The summed E-state index contributed by atoms with van der Waals surface area (Å²) in [6.45, 7) is 5.29. The second-order valence-corrected chi connectivity index (χ2v) is 5.02. The first kappa shape index (κ1) is 15.4. The third kappa shape index (κ3) is 3.55. The van der Waals surface area contributed by atoms with E-state index in [-0.39, 0.29) is 12.6 Å². The molecule has 21 heavy (non-hydrogen) atoms. The summed E-state index contributed by atoms with van der Waals surface area (Å²) < 4.78 is 5.77. The molecule has 0 atom stereocenters. The number of nitrogens with zero attached hydrogens (tertiary/aromatic N) is 1. The number of carbonyl (C=O) groups excluding carboxylic acids is 1. The number of fused-ring (bicyclic) bond motifs is 1. The maximum absolute atomic E-state index is 12.1. The molecule has 0 aliphatic carbocycles. The molecule has 1 heterocycles. The number of rotatable bonds is 6. The number of hydrogen-bond acceptors (Lipinski definition) is 3. The molecule has 5 heteroatoms. The summed E-state index contributed by atoms with van der Waals surface area (Å²) in [5.41, 5.74) is 1.88. The van der Waals surface area contributed by atoms with Crippen LogP contribution < -0.4 is 5.32 Å². The summed E-state index contributed by atoms with van der Waals surface area (Å²) in [4.78, 5) is 13.7. The zero-order valence-electron chi connectivity index (χ0n) is 12.6. The van der Waals surface area contributed by atoms with Crippen molar-refractivity contribution >= 4 is 17.0 Å². The van der Waals surface area contributed by atoms with E-state index in [0.29, 0.717) is 19.6 Å². The molecule has 1 aromatic heterocycles. The van der Waals surface area contributed by atoms with Gasteiger partial charge in [-0.05, 0) is 19.4 Å². The number of nitrogens with one attached hydrogen (secondary N) is 1. The topological polar surface area (TPSA) is 65.7 Å². The number of aryl methyl sites for hydroxylation is 1. The zero-order chi connectivity index (χ0) is 15.2. The van der Waals surface area contributed by atoms with Gasteiger partial charge in [0.15, 0.2) is 0 Å². The van der Waals surface area contributed by atoms with Crippen LogP contribution in [0.25, 0.3) is 11.0 Å². The summed E-state index contributed by atoms with van der Waals surface area (Å²) in [5, 5.41) is 12.9. The molecule has 0 saturated carbocycles. The zero-order valence-corrected chi connectivity index (χ0v) is 12.6. The van der Waals surface area contributed by atoms with Crippen LogP contribution in [0.1, 0.15) is 24.7 Å². The van der Waals surface area contributed by atoms with E-state index in [4.69, 9.17) is 9.52 Å². The monoisotopic (exact) mass is 290 g/mol. The molecule has 2 rings (SSSR count). The van der Waals surface area contributed by atoms with Crippen LogP contribution in [-0.2, 0) is 6.54 Å². The van der Waals surface area contributed by atoms with Crippen molar-refractivity contribution in [3.8, 4) is 0 Å². The van der Waals surface area contributed by atoms with E-state index in [1.54, 1.807) is 4.90 Å². The number of para-hydroxylation sites is 1. The number of aliphatic hydroxyl groups excluding tert-OH is 1. The first-order chi connectivity index (χ1) is 10.2. The molecule has 2 aromatic rings. The van der Waals surface area contributed by atoms with Gasteiger partial charge >= 0.3 is 6.03 Å². The molecule has 1 aromatic carbocycles. The molecule has 0 spiro atoms. The van der Waals surface area contributed by atoms with Crippen LogP contribution in [0.2, 0.25) is 0 Å². The third-order valence-electron chi connectivity index (χ3n) is 3.49. The first-order valence-electron chi connectivity index (χ1n) is 7.28. The van der Waals surface area contributed by atoms with Gasteiger partial charge in [0.05, 0.1) is 13.2 Å². The number of aliphatic hydroxyl groups is 1. The van der Waals surface area contributed by atoms with Crippen LogP contribution in [0.4, 0.5) is 4.79 Å². The van der Waals surface area contributed by atoms with Crippen molar-refractivity contribution in [3.05, 3.63) is 35.6 Å². The summed E-state index contributed by atoms with van der Waals surface area (Å²) in [6, 6.07) is 7.65. The minimum Gasteiger partial charge on any atom is -0.459 e. The van der Waals surface area contributed by atoms with Crippen LogP contribution in [0.15, 0.2) is 28.7 Å². The predicted octanol–water partition coefficient (Wildman–Crippen LogP) is 2.66. The van der Waals surface area contributed by atoms with E-state index in [9.17, 15) is 4.79 Å². The molecule has 0 saturated heterocycles. The Labute approximate surface area is 124 Å². The normalized spacial score (nSPS) is 10.8. The minimum absolute atomic E-state index is 0.0307. The van der Waals surface area contributed by atoms with Crippen molar-refractivity contribution in [2.75, 3.05) is 19.7 Å². The van der Waals surface area contributed by atoms with Gasteiger partial charge in [-0.1, -0.05) is 25.1 Å². The third-order valence-corrected chi connectivity index (χ3v) is 3.49. The molecular formula is C16H22N2O3. The quantitative estimate of drug-likeness (QED) is 0.859. The molecule has 0 aliphatic heterocycles. The van der Waals surface area contributed by atoms with Gasteiger partial charge in [0, 0.05) is 24.0 Å². The second kappa shape index (κ2) is 7.13. The number of benzene rings is 1. The first-order valence-corrected chi connectivity index (χ1v) is 7.28. The number of furan rings is 1. The number of urea groups is 1. The van der Waals surface area contributed by atoms with Crippen LogP contribution in [-0.4, -0.2) is 35.7 Å². The fourth-order valence-electron chi connectivity index (χ4n) is 2.37. The van der Waals surface area contributed by atoms with Gasteiger partial charge < -0.3 is 19.7 Å². The molecule has 0 fully saturated rings. The van der Waals surface area contributed by atoms with Crippen molar-refractivity contribution in [1.29, 1.82) is 0 Å². The molecule has 2 N–H and O–H groups in total. The van der Waals surface area contributed by atoms with Crippen LogP contribution >= 0.6 is 0 Å². The Kier molecular flexibility index (Phi) is 5.22. The summed E-state index contributed by atoms with van der Waals surface area (Å²) in [7, 11) is 0. The van der Waals surface area contributed by atoms with Gasteiger partial charge in [-0.2, -0.15) is 0 Å². The molecule has 0 unspecified atom stereocenters. The van der Waals surface area contributed by atoms with Gasteiger partial charge in [-0.25, -0.2) is 4.79 Å². The van der Waals surface area contributed by atoms with Gasteiger partial charge in [-0.3, -0.25) is 0 Å². The maximum atomic E-state index is 12.1. The van der Waals surface area contributed by atoms with Crippen molar-refractivity contribution in [2.24, 2.45) is 0 Å². The van der Waals surface area contributed by atoms with E-state index >= 15 is 0 Å². The fourth-order valence-corrected chi connectivity index (χ4v) is 2.37. The number of carbonyl (C=O) groups is 1. The van der Waals surface area contributed by atoms with Crippen LogP contribution in [0, 0.1) is 6.92 Å². The van der Waals surface area contributed by atoms with E-state index in [2.05, 4.69) is 5.32 Å². The lowest BCUT2D eigenvalue weighted by Crippen LogP contribution is -2.41. The second-order valence-electron chi connectivity index (χ2n) is 5.02. The smallest absolute Gasteiger partial charge is 0.317 e. The van der Waals surface area contributed by atoms with E-state index in [1.807, 2.05) is 38.1 Å². The lowest BCUT2D eigenvalue weighted by atomic mass is 10.1. The Bertz CT molecular complexity index is 601. The molecular weight excluding hydrogens is 268 g/mol. The summed E-state index contributed by atoms with van der Waals surface area (Å²) >= 11 is 0. The van der Waals surface area contributed by atoms with Gasteiger partial charge in [0.1, 0.15) is 11.3 Å². The molecule has 0 bridgehead atoms. The molecule has 114 valence electrons. The highest BCUT2D eigenvalue weighted by Gasteiger charge is 2.14. The molecule has 2 amide bonds. The Morgan fingerprint density at radius 1 is 1.33 bits per heavy atom. The van der Waals surface area contributed by atoms with Crippen LogP contribution in [0.5, 0.6) is 0 Å². The fraction of sp³-hybridized carbons (Fsp3) is 0.438. The lowest BCUT2D eigenvalue weighted by Gasteiger charge is -2.21. The Morgan fingerprint density at radius 2 is 2.10 bits per heavy atom. The SMILES string of the molecule is CCCN(CCO)C(=O)NCc1oc2ccccc2c1C. The standard InChI is InChI=1S/C16H22N2O3/c1-3-8-18(9-10-19)16(20)17-11-15-12(2)13-6-4-5-7-14(13)21-15/h4-7,19H,3,8-11H2,1-2H3,(H,17,20). The number of hydrogen-bond donors (Lipinski definition) is 2. The minimum atomic E-state index is -0.175. The largest absolute Gasteiger partial charge is 0.459 e. The van der Waals surface area contributed by atoms with Crippen molar-refractivity contribution in [2.45, 2.75) is 26.8 Å². The van der Waals surface area contributed by atoms with Gasteiger partial charge in [0.25, 0.3) is 0 Å². The Balaban J connectivity index is 2.03. The predicted molar refractivity (Wildman–Crippen MR) is 82.1 cm³/mol. The van der Waals surface area contributed by atoms with E-state index in [0.717, 1.165) is 28.7 Å². The maximum Gasteiger partial charge on any atom is 0.317 e. The highest BCUT2D eigenvalue weighted by Crippen LogP contribution is 2.24. The van der Waals surface area contributed by atoms with Crippen molar-refractivity contribution < 1.29 is 14.3 Å². The van der Waals surface area contributed by atoms with Crippen LogP contribution in [0.3, 0.4) is 0 Å². The number of amides is 2. The molecule has 0 radical (unpaired) electrons. The Morgan fingerprint density at radius 3 is 2.76 bits per heavy atom. The highest BCUT2D eigenvalue weighted by molar-refractivity contribution is 5.82. The van der Waals surface area contributed by atoms with Crippen molar-refractivity contribution in [3.63, 3.8) is 0 Å². The molecule has 0 aliphatic rings. The molecule has 5 nitrogen and oxygen atoms in total. The average molecular weight is 290 g/mol. The summed E-state index contributed by atoms with van der Waals surface area (Å²) in [6.07, 6.45) is 0.858. The van der Waals surface area contributed by atoms with Gasteiger partial charge in [0.2, 0.25) is 0 Å². The summed E-state index contributed by atoms with van der Waals surface area (Å²) in [5.74, 6) is 0.769. The Hall–Kier alpha value is -2.01. The lowest BCUT2D eigenvalue weighted by molar-refractivity contribution is 0.176.